The van der Waals surface area contributed by atoms with Gasteiger partial charge in [-0.3, -0.25) is 10.7 Å². The summed E-state index contributed by atoms with van der Waals surface area (Å²) in [6.45, 7) is 1.82. The summed E-state index contributed by atoms with van der Waals surface area (Å²) in [6.07, 6.45) is 0. The molecular formula is C8H8N2O. The van der Waals surface area contributed by atoms with Gasteiger partial charge in [-0.2, -0.15) is 5.26 Å². The number of hydrogen-bond donors (Lipinski definition) is 2. The molecule has 1 aromatic rings. The summed E-state index contributed by atoms with van der Waals surface area (Å²) in [7, 11) is 0. The summed E-state index contributed by atoms with van der Waals surface area (Å²) < 4.78 is 0. The Morgan fingerprint density at radius 3 is 2.73 bits per heavy atom. The van der Waals surface area contributed by atoms with Crippen molar-refractivity contribution in [3.63, 3.8) is 0 Å². The molecular weight excluding hydrogens is 140 g/mol. The largest absolute Gasteiger partial charge is 0.291 e. The molecule has 0 aromatic heterocycles. The minimum Gasteiger partial charge on any atom is -0.291 e. The maximum absolute atomic E-state index is 8.63. The summed E-state index contributed by atoms with van der Waals surface area (Å²) in [5, 5.41) is 17.2. The van der Waals surface area contributed by atoms with Crippen molar-refractivity contribution in [2.24, 2.45) is 0 Å². The molecule has 0 unspecified atom stereocenters. The van der Waals surface area contributed by atoms with Gasteiger partial charge in [0.2, 0.25) is 0 Å². The van der Waals surface area contributed by atoms with Crippen LogP contribution in [-0.4, -0.2) is 5.21 Å². The predicted octanol–water partition coefficient (Wildman–Crippen LogP) is 1.67. The fourth-order valence-electron chi connectivity index (χ4n) is 0.909. The van der Waals surface area contributed by atoms with Gasteiger partial charge in [0.25, 0.3) is 0 Å². The molecule has 0 aliphatic rings. The van der Waals surface area contributed by atoms with Gasteiger partial charge in [-0.25, -0.2) is 0 Å². The van der Waals surface area contributed by atoms with E-state index >= 15 is 0 Å². The van der Waals surface area contributed by atoms with Crippen LogP contribution in [0.1, 0.15) is 11.1 Å². The van der Waals surface area contributed by atoms with E-state index in [4.69, 9.17) is 10.5 Å². The standard InChI is InChI=1S/C8H8N2O/c1-6-3-2-4-7(5-9)8(6)10-11/h2-4,10-11H,1H3. The molecule has 0 saturated carbocycles. The molecule has 0 spiro atoms. The third-order valence-electron chi connectivity index (χ3n) is 1.51. The first-order valence-corrected chi connectivity index (χ1v) is 3.19. The van der Waals surface area contributed by atoms with Gasteiger partial charge >= 0.3 is 0 Å². The normalized spacial score (nSPS) is 8.82. The average Bonchev–Trinajstić information content (AvgIpc) is 2.04. The number of para-hydroxylation sites is 1. The number of aryl methyl sites for hydroxylation is 1. The lowest BCUT2D eigenvalue weighted by molar-refractivity contribution is 0.388. The molecule has 3 heteroatoms. The zero-order valence-corrected chi connectivity index (χ0v) is 6.13. The first-order chi connectivity index (χ1) is 5.29. The number of rotatable bonds is 1. The molecule has 0 aliphatic heterocycles. The van der Waals surface area contributed by atoms with E-state index in [1.54, 1.807) is 12.1 Å². The van der Waals surface area contributed by atoms with Crippen molar-refractivity contribution >= 4 is 5.69 Å². The van der Waals surface area contributed by atoms with Crippen LogP contribution < -0.4 is 5.48 Å². The van der Waals surface area contributed by atoms with E-state index in [0.717, 1.165) is 5.56 Å². The van der Waals surface area contributed by atoms with E-state index in [1.165, 1.54) is 0 Å². The fourth-order valence-corrected chi connectivity index (χ4v) is 0.909. The van der Waals surface area contributed by atoms with E-state index in [2.05, 4.69) is 0 Å². The van der Waals surface area contributed by atoms with Crippen molar-refractivity contribution in [1.29, 1.82) is 5.26 Å². The monoisotopic (exact) mass is 148 g/mol. The molecule has 0 fully saturated rings. The number of nitrogens with one attached hydrogen (secondary N) is 1. The number of hydrogen-bond acceptors (Lipinski definition) is 3. The maximum Gasteiger partial charge on any atom is 0.101 e. The van der Waals surface area contributed by atoms with Crippen molar-refractivity contribution in [2.75, 3.05) is 5.48 Å². The molecule has 0 saturated heterocycles. The Morgan fingerprint density at radius 2 is 2.27 bits per heavy atom. The molecule has 0 aliphatic carbocycles. The smallest absolute Gasteiger partial charge is 0.101 e. The lowest BCUT2D eigenvalue weighted by atomic mass is 10.1. The van der Waals surface area contributed by atoms with E-state index < -0.39 is 0 Å². The van der Waals surface area contributed by atoms with Crippen LogP contribution >= 0.6 is 0 Å². The van der Waals surface area contributed by atoms with Gasteiger partial charge in [0, 0.05) is 0 Å². The highest BCUT2D eigenvalue weighted by Crippen LogP contribution is 2.17. The van der Waals surface area contributed by atoms with Crippen LogP contribution in [-0.2, 0) is 0 Å². The Morgan fingerprint density at radius 1 is 1.55 bits per heavy atom. The van der Waals surface area contributed by atoms with Crippen molar-refractivity contribution in [3.05, 3.63) is 29.3 Å². The van der Waals surface area contributed by atoms with E-state index in [0.29, 0.717) is 11.3 Å². The van der Waals surface area contributed by atoms with Crippen molar-refractivity contribution in [3.8, 4) is 6.07 Å². The molecule has 0 radical (unpaired) electrons. The molecule has 1 rings (SSSR count). The Labute approximate surface area is 64.9 Å². The van der Waals surface area contributed by atoms with Gasteiger partial charge in [-0.05, 0) is 18.6 Å². The van der Waals surface area contributed by atoms with Gasteiger partial charge in [0.15, 0.2) is 0 Å². The van der Waals surface area contributed by atoms with Crippen molar-refractivity contribution in [1.82, 2.24) is 0 Å². The summed E-state index contributed by atoms with van der Waals surface area (Å²) in [5.74, 6) is 0. The van der Waals surface area contributed by atoms with E-state index in [1.807, 2.05) is 24.5 Å². The molecule has 2 N–H and O–H groups in total. The third kappa shape index (κ3) is 1.31. The highest BCUT2D eigenvalue weighted by molar-refractivity contribution is 5.60. The van der Waals surface area contributed by atoms with Crippen LogP contribution in [0.4, 0.5) is 5.69 Å². The third-order valence-corrected chi connectivity index (χ3v) is 1.51. The molecule has 0 bridgehead atoms. The second kappa shape index (κ2) is 3.04. The molecule has 0 heterocycles. The summed E-state index contributed by atoms with van der Waals surface area (Å²) in [4.78, 5) is 0. The molecule has 3 nitrogen and oxygen atoms in total. The molecule has 11 heavy (non-hydrogen) atoms. The summed E-state index contributed by atoms with van der Waals surface area (Å²) >= 11 is 0. The molecule has 0 atom stereocenters. The summed E-state index contributed by atoms with van der Waals surface area (Å²) in [5.41, 5.74) is 3.78. The van der Waals surface area contributed by atoms with Crippen LogP contribution in [0.3, 0.4) is 0 Å². The van der Waals surface area contributed by atoms with Gasteiger partial charge in [0.1, 0.15) is 6.07 Å². The highest BCUT2D eigenvalue weighted by Gasteiger charge is 2.01. The minimum atomic E-state index is 0.451. The van der Waals surface area contributed by atoms with Crippen LogP contribution in [0.2, 0.25) is 0 Å². The lowest BCUT2D eigenvalue weighted by Gasteiger charge is -2.03. The Balaban J connectivity index is 3.27. The molecule has 56 valence electrons. The Bertz CT molecular complexity index is 301. The van der Waals surface area contributed by atoms with Gasteiger partial charge < -0.3 is 0 Å². The second-order valence-electron chi connectivity index (χ2n) is 2.22. The van der Waals surface area contributed by atoms with Crippen LogP contribution in [0, 0.1) is 18.3 Å². The summed E-state index contributed by atoms with van der Waals surface area (Å²) in [6, 6.07) is 7.20. The first kappa shape index (κ1) is 7.58. The topological polar surface area (TPSA) is 56.0 Å². The average molecular weight is 148 g/mol. The van der Waals surface area contributed by atoms with Crippen molar-refractivity contribution in [2.45, 2.75) is 6.92 Å². The van der Waals surface area contributed by atoms with E-state index in [9.17, 15) is 0 Å². The number of benzene rings is 1. The minimum absolute atomic E-state index is 0.451. The number of nitrogens with zero attached hydrogens (tertiary/aromatic N) is 1. The van der Waals surface area contributed by atoms with Crippen LogP contribution in [0.5, 0.6) is 0 Å². The van der Waals surface area contributed by atoms with Gasteiger partial charge in [0.05, 0.1) is 11.3 Å². The highest BCUT2D eigenvalue weighted by atomic mass is 16.5. The predicted molar refractivity (Wildman–Crippen MR) is 41.3 cm³/mol. The van der Waals surface area contributed by atoms with Crippen LogP contribution in [0.15, 0.2) is 18.2 Å². The van der Waals surface area contributed by atoms with Gasteiger partial charge in [-0.1, -0.05) is 12.1 Å². The SMILES string of the molecule is Cc1cccc(C#N)c1NO. The maximum atomic E-state index is 8.63. The van der Waals surface area contributed by atoms with E-state index in [-0.39, 0.29) is 0 Å². The first-order valence-electron chi connectivity index (χ1n) is 3.19. The number of anilines is 1. The fraction of sp³-hybridized carbons (Fsp3) is 0.125. The Kier molecular flexibility index (Phi) is 2.09. The quantitative estimate of drug-likeness (QED) is 0.595. The zero-order chi connectivity index (χ0) is 8.27. The molecule has 0 amide bonds. The van der Waals surface area contributed by atoms with Gasteiger partial charge in [-0.15, -0.1) is 0 Å². The second-order valence-corrected chi connectivity index (χ2v) is 2.22. The molecule has 1 aromatic carbocycles. The number of nitriles is 1. The van der Waals surface area contributed by atoms with Crippen LogP contribution in [0.25, 0.3) is 0 Å². The van der Waals surface area contributed by atoms with Crippen molar-refractivity contribution < 1.29 is 5.21 Å². The lowest BCUT2D eigenvalue weighted by Crippen LogP contribution is -1.95. The zero-order valence-electron chi connectivity index (χ0n) is 6.13. The Hall–Kier alpha value is -1.53.